The Morgan fingerprint density at radius 1 is 1.05 bits per heavy atom. The van der Waals surface area contributed by atoms with Crippen molar-refractivity contribution in [3.8, 4) is 5.75 Å². The van der Waals surface area contributed by atoms with E-state index in [1.54, 1.807) is 13.8 Å². The number of hydrogen-bond donors (Lipinski definition) is 1. The molecule has 0 fully saturated rings. The minimum Gasteiger partial charge on any atom is -0.495 e. The zero-order valence-electron chi connectivity index (χ0n) is 24.7. The van der Waals surface area contributed by atoms with Crippen molar-refractivity contribution in [2.24, 2.45) is 0 Å². The van der Waals surface area contributed by atoms with Gasteiger partial charge < -0.3 is 15.0 Å². The number of nitro benzene ring substituents is 1. The highest BCUT2D eigenvalue weighted by atomic mass is 35.5. The molecular formula is C30H35ClN4O7S. The van der Waals surface area contributed by atoms with Crippen molar-refractivity contribution in [3.63, 3.8) is 0 Å². The molecule has 0 aliphatic rings. The number of sulfonamides is 1. The molecular weight excluding hydrogens is 596 g/mol. The molecule has 0 saturated carbocycles. The highest BCUT2D eigenvalue weighted by molar-refractivity contribution is 7.92. The summed E-state index contributed by atoms with van der Waals surface area (Å²) in [5.41, 5.74) is 1.49. The fraction of sp³-hybridized carbons (Fsp3) is 0.333. The summed E-state index contributed by atoms with van der Waals surface area (Å²) < 4.78 is 34.6. The molecule has 0 spiro atoms. The molecule has 3 aromatic rings. The number of ether oxygens (including phenoxy) is 1. The van der Waals surface area contributed by atoms with Crippen LogP contribution in [0.1, 0.15) is 37.0 Å². The topological polar surface area (TPSA) is 139 Å². The van der Waals surface area contributed by atoms with Crippen molar-refractivity contribution >= 4 is 44.8 Å². The van der Waals surface area contributed by atoms with E-state index in [1.165, 1.54) is 49.3 Å². The van der Waals surface area contributed by atoms with Crippen molar-refractivity contribution in [2.45, 2.75) is 51.6 Å². The molecule has 0 radical (unpaired) electrons. The first-order chi connectivity index (χ1) is 20.3. The number of nitro groups is 1. The quantitative estimate of drug-likeness (QED) is 0.207. The lowest BCUT2D eigenvalue weighted by Gasteiger charge is -2.33. The van der Waals surface area contributed by atoms with E-state index in [9.17, 15) is 28.1 Å². The predicted octanol–water partition coefficient (Wildman–Crippen LogP) is 5.01. The minimum absolute atomic E-state index is 0.0394. The van der Waals surface area contributed by atoms with Crippen LogP contribution >= 0.6 is 11.6 Å². The number of carbonyl (C=O) groups is 2. The number of carbonyl (C=O) groups excluding carboxylic acids is 2. The normalized spacial score (nSPS) is 11.9. The van der Waals surface area contributed by atoms with Gasteiger partial charge in [-0.15, -0.1) is 0 Å². The van der Waals surface area contributed by atoms with Crippen LogP contribution in [0.3, 0.4) is 0 Å². The number of methoxy groups -OCH3 is 1. The minimum atomic E-state index is -4.61. The molecule has 0 saturated heterocycles. The Kier molecular flexibility index (Phi) is 11.1. The van der Waals surface area contributed by atoms with Crippen LogP contribution in [0.25, 0.3) is 0 Å². The van der Waals surface area contributed by atoms with Gasteiger partial charge in [-0.25, -0.2) is 8.42 Å². The lowest BCUT2D eigenvalue weighted by molar-refractivity contribution is -0.385. The van der Waals surface area contributed by atoms with Gasteiger partial charge in [-0.1, -0.05) is 48.9 Å². The van der Waals surface area contributed by atoms with Gasteiger partial charge in [0.2, 0.25) is 11.8 Å². The molecule has 0 aromatic heterocycles. The average molecular weight is 631 g/mol. The summed E-state index contributed by atoms with van der Waals surface area (Å²) >= 11 is 6.26. The van der Waals surface area contributed by atoms with Crippen LogP contribution in [-0.4, -0.2) is 56.3 Å². The highest BCUT2D eigenvalue weighted by Crippen LogP contribution is 2.36. The third-order valence-corrected chi connectivity index (χ3v) is 8.98. The molecule has 1 unspecified atom stereocenters. The lowest BCUT2D eigenvalue weighted by Crippen LogP contribution is -2.52. The van der Waals surface area contributed by atoms with E-state index in [-0.39, 0.29) is 40.9 Å². The summed E-state index contributed by atoms with van der Waals surface area (Å²) in [7, 11) is -3.27. The first kappa shape index (κ1) is 33.3. The van der Waals surface area contributed by atoms with Crippen LogP contribution in [0.5, 0.6) is 5.75 Å². The molecule has 13 heteroatoms. The van der Waals surface area contributed by atoms with Gasteiger partial charge in [0.25, 0.3) is 15.7 Å². The molecule has 0 aliphatic heterocycles. The molecule has 3 aromatic carbocycles. The Labute approximate surface area is 256 Å². The van der Waals surface area contributed by atoms with Crippen LogP contribution in [0.2, 0.25) is 5.02 Å². The zero-order chi connectivity index (χ0) is 31.9. The first-order valence-electron chi connectivity index (χ1n) is 13.6. The molecule has 3 rings (SSSR count). The summed E-state index contributed by atoms with van der Waals surface area (Å²) in [6.45, 7) is 6.53. The fourth-order valence-corrected chi connectivity index (χ4v) is 6.23. The zero-order valence-corrected chi connectivity index (χ0v) is 26.2. The summed E-state index contributed by atoms with van der Waals surface area (Å²) in [6.07, 6.45) is 0.265. The molecule has 11 nitrogen and oxygen atoms in total. The van der Waals surface area contributed by atoms with E-state index < -0.39 is 44.0 Å². The van der Waals surface area contributed by atoms with E-state index in [0.717, 1.165) is 21.5 Å². The van der Waals surface area contributed by atoms with Crippen molar-refractivity contribution < 1.29 is 27.7 Å². The molecule has 1 atom stereocenters. The number of aryl methyl sites for hydroxylation is 2. The first-order valence-corrected chi connectivity index (χ1v) is 15.4. The molecule has 0 heterocycles. The summed E-state index contributed by atoms with van der Waals surface area (Å²) in [5.74, 6) is -0.951. The van der Waals surface area contributed by atoms with E-state index in [4.69, 9.17) is 16.3 Å². The summed E-state index contributed by atoms with van der Waals surface area (Å²) in [6, 6.07) is 14.3. The van der Waals surface area contributed by atoms with Gasteiger partial charge in [-0.05, 0) is 62.6 Å². The van der Waals surface area contributed by atoms with Gasteiger partial charge in [0, 0.05) is 29.7 Å². The monoisotopic (exact) mass is 630 g/mol. The molecule has 1 N–H and O–H groups in total. The maximum absolute atomic E-state index is 14.2. The number of amides is 2. The Hall–Kier alpha value is -4.16. The van der Waals surface area contributed by atoms with Crippen LogP contribution in [0.15, 0.2) is 65.6 Å². The molecule has 0 aliphatic carbocycles. The molecule has 230 valence electrons. The van der Waals surface area contributed by atoms with Crippen molar-refractivity contribution in [2.75, 3.05) is 24.5 Å². The summed E-state index contributed by atoms with van der Waals surface area (Å²) in [4.78, 5) is 39.2. The Balaban J connectivity index is 2.20. The second kappa shape index (κ2) is 14.3. The number of nitrogens with one attached hydrogen (secondary N) is 1. The maximum atomic E-state index is 14.2. The van der Waals surface area contributed by atoms with E-state index in [1.807, 2.05) is 31.2 Å². The van der Waals surface area contributed by atoms with Crippen molar-refractivity contribution in [1.82, 2.24) is 10.2 Å². The second-order valence-electron chi connectivity index (χ2n) is 9.80. The Morgan fingerprint density at radius 3 is 2.35 bits per heavy atom. The lowest BCUT2D eigenvalue weighted by atomic mass is 10.1. The number of hydrogen-bond acceptors (Lipinski definition) is 7. The van der Waals surface area contributed by atoms with Gasteiger partial charge in [-0.2, -0.15) is 0 Å². The molecule has 43 heavy (non-hydrogen) atoms. The van der Waals surface area contributed by atoms with Gasteiger partial charge in [0.05, 0.1) is 22.6 Å². The largest absolute Gasteiger partial charge is 0.495 e. The van der Waals surface area contributed by atoms with Gasteiger partial charge >= 0.3 is 0 Å². The van der Waals surface area contributed by atoms with Crippen LogP contribution in [-0.2, 0) is 26.2 Å². The highest BCUT2D eigenvalue weighted by Gasteiger charge is 2.35. The third kappa shape index (κ3) is 7.63. The predicted molar refractivity (Wildman–Crippen MR) is 165 cm³/mol. The SMILES string of the molecule is CCNC(=O)C(CC)N(Cc1ccccc1C)C(=O)CN(c1cc(Cl)ccc1OC)S(=O)(=O)c1ccc(C)c([N+](=O)[O-])c1. The Bertz CT molecular complexity index is 1610. The van der Waals surface area contributed by atoms with E-state index in [0.29, 0.717) is 6.54 Å². The average Bonchev–Trinajstić information content (AvgIpc) is 2.96. The van der Waals surface area contributed by atoms with Crippen LogP contribution in [0, 0.1) is 24.0 Å². The molecule has 2 amide bonds. The maximum Gasteiger partial charge on any atom is 0.273 e. The van der Waals surface area contributed by atoms with Gasteiger partial charge in [0.1, 0.15) is 18.3 Å². The fourth-order valence-electron chi connectivity index (χ4n) is 4.63. The van der Waals surface area contributed by atoms with Gasteiger partial charge in [0.15, 0.2) is 0 Å². The summed E-state index contributed by atoms with van der Waals surface area (Å²) in [5, 5.41) is 14.6. The van der Waals surface area contributed by atoms with Crippen LogP contribution < -0.4 is 14.4 Å². The Morgan fingerprint density at radius 2 is 1.74 bits per heavy atom. The third-order valence-electron chi connectivity index (χ3n) is 6.99. The number of rotatable bonds is 13. The number of halogens is 1. The van der Waals surface area contributed by atoms with E-state index >= 15 is 0 Å². The van der Waals surface area contributed by atoms with Crippen molar-refractivity contribution in [1.29, 1.82) is 0 Å². The smallest absolute Gasteiger partial charge is 0.273 e. The number of anilines is 1. The molecule has 0 bridgehead atoms. The van der Waals surface area contributed by atoms with E-state index in [2.05, 4.69) is 5.32 Å². The standard InChI is InChI=1S/C30H35ClN4O7S/c1-6-25(30(37)32-7-2)33(18-22-11-9-8-10-20(22)3)29(36)19-34(27-16-23(31)13-15-28(27)42-5)43(40,41)24-14-12-21(4)26(17-24)35(38)39/h8-17,25H,6-7,18-19H2,1-5H3,(H,32,37). The van der Waals surface area contributed by atoms with Gasteiger partial charge in [-0.3, -0.25) is 24.0 Å². The van der Waals surface area contributed by atoms with Crippen LogP contribution in [0.4, 0.5) is 11.4 Å². The number of benzene rings is 3. The number of nitrogens with zero attached hydrogens (tertiary/aromatic N) is 3. The number of likely N-dealkylation sites (N-methyl/N-ethyl adjacent to an activating group) is 1. The van der Waals surface area contributed by atoms with Crippen molar-refractivity contribution in [3.05, 3.63) is 92.5 Å². The second-order valence-corrected chi connectivity index (χ2v) is 12.1.